The van der Waals surface area contributed by atoms with Crippen LogP contribution in [0.15, 0.2) is 237 Å². The van der Waals surface area contributed by atoms with Gasteiger partial charge < -0.3 is 4.90 Å². The summed E-state index contributed by atoms with van der Waals surface area (Å²) in [4.78, 5) is 2.40. The number of hydrogen-bond acceptors (Lipinski definition) is 1. The Morgan fingerprint density at radius 3 is 1.43 bits per heavy atom. The van der Waals surface area contributed by atoms with E-state index < -0.39 is 5.41 Å². The van der Waals surface area contributed by atoms with Crippen LogP contribution in [-0.4, -0.2) is 0 Å². The normalized spacial score (nSPS) is 12.4. The smallest absolute Gasteiger partial charge is 0.0713 e. The average molecular weight is 714 g/mol. The molecule has 1 aliphatic carbocycles. The van der Waals surface area contributed by atoms with Crippen molar-refractivity contribution >= 4 is 17.1 Å². The SMILES string of the molecule is c1ccc(-c2ccc(N(c3cccc(-c4ccc5c(c4)-c4ccccc4C5(c4ccccc4)c4ccccc4)c3)c3ccccc3-c3ccccc3)cc2)cc1. The lowest BCUT2D eigenvalue weighted by atomic mass is 9.67. The quantitative estimate of drug-likeness (QED) is 0.152. The minimum Gasteiger partial charge on any atom is -0.310 e. The molecule has 0 N–H and O–H groups in total. The molecule has 0 aromatic heterocycles. The molecule has 9 aromatic carbocycles. The van der Waals surface area contributed by atoms with Crippen LogP contribution in [0.25, 0.3) is 44.5 Å². The molecule has 1 aliphatic rings. The molecule has 1 nitrogen and oxygen atoms in total. The highest BCUT2D eigenvalue weighted by molar-refractivity contribution is 5.92. The molecule has 0 bridgehead atoms. The number of rotatable bonds is 8. The monoisotopic (exact) mass is 713 g/mol. The predicted molar refractivity (Wildman–Crippen MR) is 235 cm³/mol. The van der Waals surface area contributed by atoms with Gasteiger partial charge in [0.25, 0.3) is 0 Å². The van der Waals surface area contributed by atoms with Gasteiger partial charge in [0.05, 0.1) is 11.1 Å². The molecule has 10 rings (SSSR count). The Morgan fingerprint density at radius 2 is 0.750 bits per heavy atom. The molecule has 0 unspecified atom stereocenters. The molecule has 1 heteroatoms. The zero-order valence-corrected chi connectivity index (χ0v) is 31.0. The molecule has 0 atom stereocenters. The summed E-state index contributed by atoms with van der Waals surface area (Å²) in [6.07, 6.45) is 0. The van der Waals surface area contributed by atoms with E-state index in [-0.39, 0.29) is 0 Å². The number of hydrogen-bond donors (Lipinski definition) is 0. The summed E-state index contributed by atoms with van der Waals surface area (Å²) in [5, 5.41) is 0. The predicted octanol–water partition coefficient (Wildman–Crippen LogP) is 14.5. The Balaban J connectivity index is 1.13. The lowest BCUT2D eigenvalue weighted by molar-refractivity contribution is 0.768. The van der Waals surface area contributed by atoms with E-state index in [9.17, 15) is 0 Å². The van der Waals surface area contributed by atoms with Gasteiger partial charge >= 0.3 is 0 Å². The molecule has 56 heavy (non-hydrogen) atoms. The number of para-hydroxylation sites is 1. The first-order valence-corrected chi connectivity index (χ1v) is 19.3. The van der Waals surface area contributed by atoms with Crippen molar-refractivity contribution in [3.8, 4) is 44.5 Å². The van der Waals surface area contributed by atoms with Gasteiger partial charge in [-0.25, -0.2) is 0 Å². The summed E-state index contributed by atoms with van der Waals surface area (Å²) in [5.41, 5.74) is 17.8. The number of fused-ring (bicyclic) bond motifs is 3. The van der Waals surface area contributed by atoms with Crippen LogP contribution in [0.2, 0.25) is 0 Å². The number of anilines is 3. The molecule has 0 heterocycles. The lowest BCUT2D eigenvalue weighted by Gasteiger charge is -2.33. The van der Waals surface area contributed by atoms with Crippen molar-refractivity contribution in [2.45, 2.75) is 5.41 Å². The van der Waals surface area contributed by atoms with Crippen molar-refractivity contribution in [1.82, 2.24) is 0 Å². The maximum absolute atomic E-state index is 2.41. The molecule has 0 saturated heterocycles. The highest BCUT2D eigenvalue weighted by Gasteiger charge is 2.45. The maximum Gasteiger partial charge on any atom is 0.0713 e. The van der Waals surface area contributed by atoms with E-state index in [2.05, 4.69) is 241 Å². The molecular formula is C55H39N. The number of benzene rings is 9. The van der Waals surface area contributed by atoms with E-state index in [1.54, 1.807) is 0 Å². The van der Waals surface area contributed by atoms with Gasteiger partial charge in [0.15, 0.2) is 0 Å². The first-order valence-electron chi connectivity index (χ1n) is 19.3. The Bertz CT molecular complexity index is 2730. The van der Waals surface area contributed by atoms with E-state index in [0.717, 1.165) is 17.1 Å². The molecule has 0 fully saturated rings. The minimum atomic E-state index is -0.418. The molecule has 0 amide bonds. The van der Waals surface area contributed by atoms with Crippen LogP contribution in [0.1, 0.15) is 22.3 Å². The van der Waals surface area contributed by atoms with E-state index in [4.69, 9.17) is 0 Å². The fourth-order valence-corrected chi connectivity index (χ4v) is 8.84. The topological polar surface area (TPSA) is 3.24 Å². The second-order valence-corrected chi connectivity index (χ2v) is 14.5. The highest BCUT2D eigenvalue weighted by atomic mass is 15.1. The summed E-state index contributed by atoms with van der Waals surface area (Å²) in [6, 6.07) is 86.1. The summed E-state index contributed by atoms with van der Waals surface area (Å²) >= 11 is 0. The van der Waals surface area contributed by atoms with Gasteiger partial charge in [0.2, 0.25) is 0 Å². The average Bonchev–Trinajstić information content (AvgIpc) is 3.59. The Labute approximate surface area is 329 Å². The fourth-order valence-electron chi connectivity index (χ4n) is 8.84. The highest BCUT2D eigenvalue weighted by Crippen LogP contribution is 2.56. The zero-order chi connectivity index (χ0) is 37.3. The van der Waals surface area contributed by atoms with Crippen LogP contribution in [-0.2, 0) is 5.41 Å². The van der Waals surface area contributed by atoms with E-state index in [0.29, 0.717) is 0 Å². The van der Waals surface area contributed by atoms with Crippen molar-refractivity contribution in [1.29, 1.82) is 0 Å². The summed E-state index contributed by atoms with van der Waals surface area (Å²) in [5.74, 6) is 0. The van der Waals surface area contributed by atoms with Crippen molar-refractivity contribution in [2.75, 3.05) is 4.90 Å². The molecule has 0 spiro atoms. The van der Waals surface area contributed by atoms with Crippen LogP contribution >= 0.6 is 0 Å². The first-order chi connectivity index (χ1) is 27.8. The van der Waals surface area contributed by atoms with Crippen LogP contribution in [0.3, 0.4) is 0 Å². The van der Waals surface area contributed by atoms with E-state index in [1.165, 1.54) is 66.8 Å². The van der Waals surface area contributed by atoms with E-state index >= 15 is 0 Å². The standard InChI is InChI=1S/C55H39N/c1-5-18-40(19-6-1)41-32-35-47(36-33-41)56(54-31-16-14-28-49(54)42-20-7-2-8-21-42)48-27-17-22-43(38-48)44-34-37-53-51(39-44)50-29-13-15-30-52(50)55(53,45-23-9-3-10-24-45)46-25-11-4-12-26-46/h1-39H. The van der Waals surface area contributed by atoms with Crippen molar-refractivity contribution in [3.63, 3.8) is 0 Å². The van der Waals surface area contributed by atoms with Crippen LogP contribution < -0.4 is 4.90 Å². The summed E-state index contributed by atoms with van der Waals surface area (Å²) < 4.78 is 0. The maximum atomic E-state index is 2.41. The van der Waals surface area contributed by atoms with E-state index in [1.807, 2.05) is 0 Å². The zero-order valence-electron chi connectivity index (χ0n) is 31.0. The van der Waals surface area contributed by atoms with Crippen LogP contribution in [0.4, 0.5) is 17.1 Å². The summed E-state index contributed by atoms with van der Waals surface area (Å²) in [7, 11) is 0. The van der Waals surface area contributed by atoms with Gasteiger partial charge in [-0.15, -0.1) is 0 Å². The minimum absolute atomic E-state index is 0.418. The molecule has 0 aliphatic heterocycles. The van der Waals surface area contributed by atoms with Crippen molar-refractivity contribution in [3.05, 3.63) is 259 Å². The molecule has 0 radical (unpaired) electrons. The molecule has 0 saturated carbocycles. The van der Waals surface area contributed by atoms with Gasteiger partial charge in [0.1, 0.15) is 0 Å². The van der Waals surface area contributed by atoms with Gasteiger partial charge in [0, 0.05) is 16.9 Å². The second-order valence-electron chi connectivity index (χ2n) is 14.5. The van der Waals surface area contributed by atoms with Crippen LogP contribution in [0, 0.1) is 0 Å². The van der Waals surface area contributed by atoms with Gasteiger partial charge in [-0.3, -0.25) is 0 Å². The van der Waals surface area contributed by atoms with Gasteiger partial charge in [-0.05, 0) is 97.6 Å². The first kappa shape index (κ1) is 33.4. The molecular weight excluding hydrogens is 675 g/mol. The van der Waals surface area contributed by atoms with Crippen LogP contribution in [0.5, 0.6) is 0 Å². The Kier molecular flexibility index (Phi) is 8.46. The number of nitrogens with zero attached hydrogens (tertiary/aromatic N) is 1. The van der Waals surface area contributed by atoms with Gasteiger partial charge in [-0.2, -0.15) is 0 Å². The second kappa shape index (κ2) is 14.2. The lowest BCUT2D eigenvalue weighted by Crippen LogP contribution is -2.28. The molecule has 9 aromatic rings. The van der Waals surface area contributed by atoms with Gasteiger partial charge in [-0.1, -0.05) is 200 Å². The third-order valence-corrected chi connectivity index (χ3v) is 11.4. The molecule has 264 valence electrons. The fraction of sp³-hybridized carbons (Fsp3) is 0.0182. The summed E-state index contributed by atoms with van der Waals surface area (Å²) in [6.45, 7) is 0. The Hall–Kier alpha value is -7.22. The Morgan fingerprint density at radius 1 is 0.268 bits per heavy atom. The largest absolute Gasteiger partial charge is 0.310 e. The van der Waals surface area contributed by atoms with Crippen molar-refractivity contribution < 1.29 is 0 Å². The van der Waals surface area contributed by atoms with Crippen molar-refractivity contribution in [2.24, 2.45) is 0 Å². The third kappa shape index (κ3) is 5.65. The third-order valence-electron chi connectivity index (χ3n) is 11.4.